The number of esters is 1. The number of hydrogen-bond acceptors (Lipinski definition) is 6. The maximum atomic E-state index is 11.0. The van der Waals surface area contributed by atoms with Gasteiger partial charge in [0.25, 0.3) is 0 Å². The summed E-state index contributed by atoms with van der Waals surface area (Å²) in [5, 5.41) is 0.519. The minimum atomic E-state index is -0.583. The maximum Gasteiger partial charge on any atom is 0.302 e. The Morgan fingerprint density at radius 2 is 2.22 bits per heavy atom. The van der Waals surface area contributed by atoms with E-state index in [0.29, 0.717) is 18.1 Å². The Labute approximate surface area is 112 Å². The number of methoxy groups -OCH3 is 1. The molecule has 2 bridgehead atoms. The van der Waals surface area contributed by atoms with Crippen LogP contribution in [0.15, 0.2) is 0 Å². The molecule has 1 saturated heterocycles. The summed E-state index contributed by atoms with van der Waals surface area (Å²) in [4.78, 5) is 11.0. The molecule has 0 aromatic heterocycles. The summed E-state index contributed by atoms with van der Waals surface area (Å²) >= 11 is 4.98. The number of carbonyl (C=O) groups is 1. The Balaban J connectivity index is 2.09. The Morgan fingerprint density at radius 3 is 2.78 bits per heavy atom. The van der Waals surface area contributed by atoms with Crippen LogP contribution in [-0.2, 0) is 23.7 Å². The second kappa shape index (κ2) is 5.11. The third-order valence-corrected chi connectivity index (χ3v) is 3.68. The molecule has 1 saturated carbocycles. The summed E-state index contributed by atoms with van der Waals surface area (Å²) < 4.78 is 22.0. The van der Waals surface area contributed by atoms with Crippen LogP contribution in [-0.4, -0.2) is 49.2 Å². The third-order valence-electron chi connectivity index (χ3n) is 3.59. The van der Waals surface area contributed by atoms with Crippen molar-refractivity contribution in [1.29, 1.82) is 0 Å². The van der Waals surface area contributed by atoms with E-state index < -0.39 is 5.60 Å². The molecular formula is C12H18O5S. The van der Waals surface area contributed by atoms with Gasteiger partial charge in [-0.2, -0.15) is 0 Å². The van der Waals surface area contributed by atoms with Crippen LogP contribution in [0.2, 0.25) is 0 Å². The van der Waals surface area contributed by atoms with E-state index in [9.17, 15) is 4.79 Å². The minimum absolute atomic E-state index is 0.0169. The first-order chi connectivity index (χ1) is 8.48. The summed E-state index contributed by atoms with van der Waals surface area (Å²) in [5.41, 5.74) is -0.583. The molecule has 1 aliphatic heterocycles. The van der Waals surface area contributed by atoms with E-state index in [4.69, 9.17) is 31.2 Å². The van der Waals surface area contributed by atoms with Crippen molar-refractivity contribution in [3.05, 3.63) is 0 Å². The highest BCUT2D eigenvalue weighted by Gasteiger charge is 2.62. The molecule has 0 N–H and O–H groups in total. The zero-order valence-corrected chi connectivity index (χ0v) is 11.6. The number of thiocarbonyl (C=S) groups is 1. The molecule has 0 radical (unpaired) electrons. The van der Waals surface area contributed by atoms with Crippen molar-refractivity contribution < 1.29 is 23.7 Å². The van der Waals surface area contributed by atoms with Gasteiger partial charge >= 0.3 is 5.97 Å². The first-order valence-electron chi connectivity index (χ1n) is 5.96. The number of carbonyl (C=O) groups excluding carboxylic acids is 1. The Bertz CT molecular complexity index is 358. The Hall–Kier alpha value is -0.720. The van der Waals surface area contributed by atoms with Crippen molar-refractivity contribution in [1.82, 2.24) is 0 Å². The third kappa shape index (κ3) is 2.37. The molecule has 1 heterocycles. The van der Waals surface area contributed by atoms with Crippen molar-refractivity contribution >= 4 is 23.2 Å². The second-order valence-corrected chi connectivity index (χ2v) is 5.40. The van der Waals surface area contributed by atoms with Crippen LogP contribution in [0.1, 0.15) is 20.3 Å². The smallest absolute Gasteiger partial charge is 0.302 e. The molecule has 2 fully saturated rings. The van der Waals surface area contributed by atoms with Gasteiger partial charge in [0.05, 0.1) is 12.7 Å². The zero-order chi connectivity index (χ0) is 13.3. The SMILES string of the molecule is CO[C@H]1[C@H]2CO[C@@]1(COC(C)=O)C[C@@H]2OC(C)=S. The molecule has 1 aliphatic carbocycles. The van der Waals surface area contributed by atoms with Crippen LogP contribution >= 0.6 is 12.2 Å². The monoisotopic (exact) mass is 274 g/mol. The van der Waals surface area contributed by atoms with E-state index in [2.05, 4.69) is 0 Å². The Kier molecular flexibility index (Phi) is 3.89. The molecule has 0 unspecified atom stereocenters. The molecule has 2 rings (SSSR count). The molecule has 6 heteroatoms. The molecule has 5 nitrogen and oxygen atoms in total. The van der Waals surface area contributed by atoms with Gasteiger partial charge in [-0.15, -0.1) is 0 Å². The summed E-state index contributed by atoms with van der Waals surface area (Å²) in [5.74, 6) is -0.176. The highest BCUT2D eigenvalue weighted by Crippen LogP contribution is 2.47. The molecule has 0 aromatic carbocycles. The predicted molar refractivity (Wildman–Crippen MR) is 67.4 cm³/mol. The van der Waals surface area contributed by atoms with Crippen LogP contribution in [0, 0.1) is 5.92 Å². The summed E-state index contributed by atoms with van der Waals surface area (Å²) in [6.07, 6.45) is 0.505. The lowest BCUT2D eigenvalue weighted by molar-refractivity contribution is -0.158. The van der Waals surface area contributed by atoms with Crippen LogP contribution in [0.3, 0.4) is 0 Å². The second-order valence-electron chi connectivity index (χ2n) is 4.83. The molecule has 4 atom stereocenters. The number of ether oxygens (including phenoxy) is 4. The van der Waals surface area contributed by atoms with Crippen molar-refractivity contribution in [2.75, 3.05) is 20.3 Å². The largest absolute Gasteiger partial charge is 0.484 e. The van der Waals surface area contributed by atoms with Gasteiger partial charge in [0.1, 0.15) is 18.3 Å². The highest BCUT2D eigenvalue weighted by atomic mass is 32.1. The van der Waals surface area contributed by atoms with Gasteiger partial charge < -0.3 is 18.9 Å². The van der Waals surface area contributed by atoms with Gasteiger partial charge in [-0.3, -0.25) is 4.79 Å². The number of hydrogen-bond donors (Lipinski definition) is 0. The molecule has 102 valence electrons. The molecule has 0 amide bonds. The minimum Gasteiger partial charge on any atom is -0.484 e. The summed E-state index contributed by atoms with van der Waals surface area (Å²) in [7, 11) is 1.64. The van der Waals surface area contributed by atoms with Crippen LogP contribution in [0.5, 0.6) is 0 Å². The Morgan fingerprint density at radius 1 is 1.50 bits per heavy atom. The van der Waals surface area contributed by atoms with Crippen LogP contribution in [0.4, 0.5) is 0 Å². The fraction of sp³-hybridized carbons (Fsp3) is 0.833. The van der Waals surface area contributed by atoms with Crippen LogP contribution < -0.4 is 0 Å². The lowest BCUT2D eigenvalue weighted by atomic mass is 10.0. The first kappa shape index (κ1) is 13.7. The normalized spacial score (nSPS) is 37.6. The highest BCUT2D eigenvalue weighted by molar-refractivity contribution is 7.80. The van der Waals surface area contributed by atoms with E-state index in [1.807, 2.05) is 0 Å². The van der Waals surface area contributed by atoms with Crippen molar-refractivity contribution in [2.24, 2.45) is 5.92 Å². The average molecular weight is 274 g/mol. The van der Waals surface area contributed by atoms with Crippen molar-refractivity contribution in [3.63, 3.8) is 0 Å². The molecular weight excluding hydrogens is 256 g/mol. The zero-order valence-electron chi connectivity index (χ0n) is 10.8. The molecule has 2 aliphatic rings. The number of rotatable bonds is 4. The number of fused-ring (bicyclic) bond motifs is 2. The topological polar surface area (TPSA) is 54.0 Å². The summed E-state index contributed by atoms with van der Waals surface area (Å²) in [6.45, 7) is 3.89. The average Bonchev–Trinajstić information content (AvgIpc) is 2.77. The van der Waals surface area contributed by atoms with Gasteiger partial charge in [0, 0.05) is 33.3 Å². The van der Waals surface area contributed by atoms with Gasteiger partial charge in [-0.25, -0.2) is 0 Å². The van der Waals surface area contributed by atoms with E-state index in [1.54, 1.807) is 14.0 Å². The molecule has 0 aromatic rings. The quantitative estimate of drug-likeness (QED) is 0.565. The van der Waals surface area contributed by atoms with Crippen molar-refractivity contribution in [2.45, 2.75) is 38.1 Å². The first-order valence-corrected chi connectivity index (χ1v) is 6.36. The molecule has 18 heavy (non-hydrogen) atoms. The lowest BCUT2D eigenvalue weighted by Crippen LogP contribution is -2.43. The van der Waals surface area contributed by atoms with E-state index >= 15 is 0 Å². The van der Waals surface area contributed by atoms with E-state index in [-0.39, 0.29) is 30.7 Å². The maximum absolute atomic E-state index is 11.0. The fourth-order valence-corrected chi connectivity index (χ4v) is 3.05. The van der Waals surface area contributed by atoms with E-state index in [1.165, 1.54) is 6.92 Å². The fourth-order valence-electron chi connectivity index (χ4n) is 2.93. The van der Waals surface area contributed by atoms with E-state index in [0.717, 1.165) is 0 Å². The van der Waals surface area contributed by atoms with Gasteiger partial charge in [-0.1, -0.05) is 0 Å². The standard InChI is InChI=1S/C12H18O5S/c1-7(13)15-6-12-4-10(17-8(2)18)9(5-16-12)11(12)14-3/h9-11H,4-6H2,1-3H3/t9-,10-,11-,12+/m0/s1. The summed E-state index contributed by atoms with van der Waals surface area (Å²) in [6, 6.07) is 0. The van der Waals surface area contributed by atoms with Gasteiger partial charge in [0.15, 0.2) is 5.05 Å². The predicted octanol–water partition coefficient (Wildman–Crippen LogP) is 1.09. The lowest BCUT2D eigenvalue weighted by Gasteiger charge is -2.30. The van der Waals surface area contributed by atoms with Gasteiger partial charge in [-0.05, 0) is 12.2 Å². The van der Waals surface area contributed by atoms with Crippen molar-refractivity contribution in [3.8, 4) is 0 Å². The molecule has 0 spiro atoms. The van der Waals surface area contributed by atoms with Crippen LogP contribution in [0.25, 0.3) is 0 Å². The van der Waals surface area contributed by atoms with Gasteiger partial charge in [0.2, 0.25) is 0 Å².